The van der Waals surface area contributed by atoms with Crippen molar-refractivity contribution in [2.45, 2.75) is 19.1 Å². The molecule has 0 heterocycles. The molecule has 1 aromatic carbocycles. The summed E-state index contributed by atoms with van der Waals surface area (Å²) in [5.41, 5.74) is 5.47. The molecule has 3 heteroatoms. The first-order chi connectivity index (χ1) is 6.20. The van der Waals surface area contributed by atoms with E-state index in [0.717, 1.165) is 5.75 Å². The normalized spacial score (nSPS) is 15.0. The van der Waals surface area contributed by atoms with E-state index in [-0.39, 0.29) is 12.6 Å². The van der Waals surface area contributed by atoms with Crippen LogP contribution >= 0.6 is 0 Å². The molecule has 0 fully saturated rings. The molecular formula is C10H15NO2. The van der Waals surface area contributed by atoms with E-state index in [0.29, 0.717) is 0 Å². The van der Waals surface area contributed by atoms with E-state index in [1.54, 1.807) is 6.92 Å². The van der Waals surface area contributed by atoms with Crippen LogP contribution in [0.3, 0.4) is 0 Å². The molecule has 72 valence electrons. The summed E-state index contributed by atoms with van der Waals surface area (Å²) in [6.45, 7) is 1.99. The maximum Gasteiger partial charge on any atom is 0.119 e. The van der Waals surface area contributed by atoms with Gasteiger partial charge in [0.2, 0.25) is 0 Å². The van der Waals surface area contributed by atoms with Crippen molar-refractivity contribution in [2.24, 2.45) is 5.73 Å². The Hall–Kier alpha value is -1.06. The molecule has 0 bridgehead atoms. The minimum absolute atomic E-state index is 0.238. The minimum Gasteiger partial charge on any atom is -0.491 e. The highest BCUT2D eigenvalue weighted by Gasteiger charge is 2.09. The van der Waals surface area contributed by atoms with E-state index in [2.05, 4.69) is 0 Å². The van der Waals surface area contributed by atoms with Crippen LogP contribution in [0, 0.1) is 0 Å². The molecule has 0 radical (unpaired) electrons. The van der Waals surface area contributed by atoms with Crippen molar-refractivity contribution in [3.05, 3.63) is 30.3 Å². The fourth-order valence-corrected chi connectivity index (χ4v) is 0.850. The second-order valence-electron chi connectivity index (χ2n) is 3.05. The quantitative estimate of drug-likeness (QED) is 0.721. The van der Waals surface area contributed by atoms with Crippen molar-refractivity contribution in [3.8, 4) is 5.75 Å². The summed E-state index contributed by atoms with van der Waals surface area (Å²) in [5.74, 6) is 0.752. The largest absolute Gasteiger partial charge is 0.491 e. The highest BCUT2D eigenvalue weighted by atomic mass is 16.5. The summed E-state index contributed by atoms with van der Waals surface area (Å²) in [7, 11) is 0. The third kappa shape index (κ3) is 3.44. The van der Waals surface area contributed by atoms with Crippen molar-refractivity contribution in [1.82, 2.24) is 0 Å². The molecule has 1 rings (SSSR count). The SMILES string of the molecule is CC(N)C(O)COc1ccccc1. The summed E-state index contributed by atoms with van der Waals surface area (Å²) in [6, 6.07) is 9.10. The van der Waals surface area contributed by atoms with Crippen LogP contribution in [0.25, 0.3) is 0 Å². The maximum atomic E-state index is 9.34. The standard InChI is InChI=1S/C10H15NO2/c1-8(11)10(12)7-13-9-5-3-2-4-6-9/h2-6,8,10,12H,7,11H2,1H3. The van der Waals surface area contributed by atoms with Crippen LogP contribution < -0.4 is 10.5 Å². The zero-order valence-electron chi connectivity index (χ0n) is 7.68. The third-order valence-corrected chi connectivity index (χ3v) is 1.77. The number of benzene rings is 1. The van der Waals surface area contributed by atoms with Crippen LogP contribution in [-0.4, -0.2) is 23.9 Å². The third-order valence-electron chi connectivity index (χ3n) is 1.77. The summed E-state index contributed by atoms with van der Waals surface area (Å²) in [5, 5.41) is 9.34. The molecule has 0 amide bonds. The van der Waals surface area contributed by atoms with Crippen LogP contribution in [0.2, 0.25) is 0 Å². The van der Waals surface area contributed by atoms with E-state index in [9.17, 15) is 5.11 Å². The average Bonchev–Trinajstić information content (AvgIpc) is 2.15. The predicted molar refractivity (Wildman–Crippen MR) is 51.6 cm³/mol. The maximum absolute atomic E-state index is 9.34. The molecular weight excluding hydrogens is 166 g/mol. The highest BCUT2D eigenvalue weighted by Crippen LogP contribution is 2.08. The van der Waals surface area contributed by atoms with E-state index in [1.165, 1.54) is 0 Å². The van der Waals surface area contributed by atoms with Crippen LogP contribution in [0.15, 0.2) is 30.3 Å². The number of hydrogen-bond donors (Lipinski definition) is 2. The monoisotopic (exact) mass is 181 g/mol. The van der Waals surface area contributed by atoms with Gasteiger partial charge in [-0.15, -0.1) is 0 Å². The Morgan fingerprint density at radius 3 is 2.54 bits per heavy atom. The first-order valence-corrected chi connectivity index (χ1v) is 4.31. The smallest absolute Gasteiger partial charge is 0.119 e. The molecule has 2 atom stereocenters. The second-order valence-corrected chi connectivity index (χ2v) is 3.05. The Balaban J connectivity index is 2.35. The van der Waals surface area contributed by atoms with E-state index < -0.39 is 6.10 Å². The van der Waals surface area contributed by atoms with Crippen LogP contribution in [-0.2, 0) is 0 Å². The molecule has 0 aliphatic rings. The minimum atomic E-state index is -0.611. The van der Waals surface area contributed by atoms with Gasteiger partial charge in [-0.05, 0) is 19.1 Å². The summed E-state index contributed by atoms with van der Waals surface area (Å²) in [6.07, 6.45) is -0.611. The Kier molecular flexibility index (Phi) is 3.73. The van der Waals surface area contributed by atoms with Gasteiger partial charge in [0.15, 0.2) is 0 Å². The molecule has 2 unspecified atom stereocenters. The number of para-hydroxylation sites is 1. The molecule has 3 N–H and O–H groups in total. The predicted octanol–water partition coefficient (Wildman–Crippen LogP) is 0.773. The summed E-state index contributed by atoms with van der Waals surface area (Å²) < 4.78 is 5.30. The zero-order chi connectivity index (χ0) is 9.68. The van der Waals surface area contributed by atoms with E-state index in [4.69, 9.17) is 10.5 Å². The number of ether oxygens (including phenoxy) is 1. The Bertz CT molecular complexity index is 236. The zero-order valence-corrected chi connectivity index (χ0v) is 7.68. The molecule has 0 aliphatic heterocycles. The van der Waals surface area contributed by atoms with Gasteiger partial charge in [-0.25, -0.2) is 0 Å². The lowest BCUT2D eigenvalue weighted by atomic mass is 10.2. The highest BCUT2D eigenvalue weighted by molar-refractivity contribution is 5.20. The Labute approximate surface area is 78.1 Å². The van der Waals surface area contributed by atoms with Crippen LogP contribution in [0.1, 0.15) is 6.92 Å². The number of aliphatic hydroxyl groups excluding tert-OH is 1. The summed E-state index contributed by atoms with van der Waals surface area (Å²) >= 11 is 0. The lowest BCUT2D eigenvalue weighted by Crippen LogP contribution is -2.36. The average molecular weight is 181 g/mol. The van der Waals surface area contributed by atoms with Gasteiger partial charge >= 0.3 is 0 Å². The fourth-order valence-electron chi connectivity index (χ4n) is 0.850. The van der Waals surface area contributed by atoms with Gasteiger partial charge < -0.3 is 15.6 Å². The first kappa shape index (κ1) is 10.0. The molecule has 3 nitrogen and oxygen atoms in total. The van der Waals surface area contributed by atoms with E-state index >= 15 is 0 Å². The van der Waals surface area contributed by atoms with Gasteiger partial charge in [0.25, 0.3) is 0 Å². The van der Waals surface area contributed by atoms with Crippen molar-refractivity contribution in [1.29, 1.82) is 0 Å². The van der Waals surface area contributed by atoms with Gasteiger partial charge in [0.05, 0.1) is 0 Å². The topological polar surface area (TPSA) is 55.5 Å². The van der Waals surface area contributed by atoms with Gasteiger partial charge in [-0.3, -0.25) is 0 Å². The Morgan fingerprint density at radius 1 is 1.38 bits per heavy atom. The van der Waals surface area contributed by atoms with Crippen molar-refractivity contribution >= 4 is 0 Å². The van der Waals surface area contributed by atoms with Crippen molar-refractivity contribution in [3.63, 3.8) is 0 Å². The van der Waals surface area contributed by atoms with Crippen LogP contribution in [0.5, 0.6) is 5.75 Å². The Morgan fingerprint density at radius 2 is 2.00 bits per heavy atom. The van der Waals surface area contributed by atoms with Gasteiger partial charge in [0, 0.05) is 6.04 Å². The van der Waals surface area contributed by atoms with Crippen LogP contribution in [0.4, 0.5) is 0 Å². The van der Waals surface area contributed by atoms with Gasteiger partial charge in [-0.2, -0.15) is 0 Å². The number of nitrogens with two attached hydrogens (primary N) is 1. The lowest BCUT2D eigenvalue weighted by molar-refractivity contribution is 0.0901. The number of hydrogen-bond acceptors (Lipinski definition) is 3. The molecule has 0 aliphatic carbocycles. The van der Waals surface area contributed by atoms with Gasteiger partial charge in [0.1, 0.15) is 18.5 Å². The lowest BCUT2D eigenvalue weighted by Gasteiger charge is -2.14. The number of aliphatic hydroxyl groups is 1. The fraction of sp³-hybridized carbons (Fsp3) is 0.400. The molecule has 0 saturated carbocycles. The molecule has 13 heavy (non-hydrogen) atoms. The summed E-state index contributed by atoms with van der Waals surface area (Å²) in [4.78, 5) is 0. The van der Waals surface area contributed by atoms with Crippen molar-refractivity contribution < 1.29 is 9.84 Å². The molecule has 1 aromatic rings. The first-order valence-electron chi connectivity index (χ1n) is 4.31. The second kappa shape index (κ2) is 4.84. The van der Waals surface area contributed by atoms with Crippen molar-refractivity contribution in [2.75, 3.05) is 6.61 Å². The molecule has 0 aromatic heterocycles. The number of rotatable bonds is 4. The molecule has 0 spiro atoms. The molecule has 0 saturated heterocycles. The van der Waals surface area contributed by atoms with E-state index in [1.807, 2.05) is 30.3 Å². The van der Waals surface area contributed by atoms with Gasteiger partial charge in [-0.1, -0.05) is 18.2 Å².